The standard InChI is InChI=1S/C18H14N2O2/c1-11-9-13-14(19)6-4-7-15(13)20(11)18(21)17-10-12-5-2-3-8-16(12)22-17/h2-10H,19H2,1H3. The Balaban J connectivity index is 1.93. The van der Waals surface area contributed by atoms with Crippen molar-refractivity contribution in [3.63, 3.8) is 0 Å². The minimum Gasteiger partial charge on any atom is -0.451 e. The molecule has 0 unspecified atom stereocenters. The fourth-order valence-corrected chi connectivity index (χ4v) is 2.85. The van der Waals surface area contributed by atoms with Gasteiger partial charge in [-0.3, -0.25) is 9.36 Å². The lowest BCUT2D eigenvalue weighted by Crippen LogP contribution is -2.12. The third kappa shape index (κ3) is 1.74. The largest absolute Gasteiger partial charge is 0.451 e. The molecule has 0 aliphatic heterocycles. The molecule has 4 nitrogen and oxygen atoms in total. The van der Waals surface area contributed by atoms with E-state index in [0.29, 0.717) is 17.0 Å². The number of nitrogens with two attached hydrogens (primary N) is 1. The van der Waals surface area contributed by atoms with E-state index < -0.39 is 0 Å². The van der Waals surface area contributed by atoms with Gasteiger partial charge in [0.15, 0.2) is 5.76 Å². The SMILES string of the molecule is Cc1cc2c(N)cccc2n1C(=O)c1cc2ccccc2o1. The first-order chi connectivity index (χ1) is 10.6. The van der Waals surface area contributed by atoms with Crippen LogP contribution in [0, 0.1) is 6.92 Å². The molecule has 2 aromatic carbocycles. The molecule has 0 bridgehead atoms. The molecule has 0 radical (unpaired) electrons. The van der Waals surface area contributed by atoms with Crippen molar-refractivity contribution < 1.29 is 9.21 Å². The van der Waals surface area contributed by atoms with Gasteiger partial charge in [-0.25, -0.2) is 0 Å². The van der Waals surface area contributed by atoms with Gasteiger partial charge >= 0.3 is 0 Å². The number of anilines is 1. The topological polar surface area (TPSA) is 61.2 Å². The number of rotatable bonds is 1. The van der Waals surface area contributed by atoms with Crippen LogP contribution in [-0.2, 0) is 0 Å². The second-order valence-corrected chi connectivity index (χ2v) is 5.35. The lowest BCUT2D eigenvalue weighted by atomic mass is 10.2. The van der Waals surface area contributed by atoms with Gasteiger partial charge in [-0.05, 0) is 37.3 Å². The molecule has 0 saturated carbocycles. The van der Waals surface area contributed by atoms with Crippen LogP contribution in [0.2, 0.25) is 0 Å². The van der Waals surface area contributed by atoms with E-state index in [4.69, 9.17) is 10.2 Å². The number of furan rings is 1. The molecule has 0 spiro atoms. The van der Waals surface area contributed by atoms with Crippen LogP contribution in [0.5, 0.6) is 0 Å². The number of nitrogen functional groups attached to an aromatic ring is 1. The number of aromatic nitrogens is 1. The second-order valence-electron chi connectivity index (χ2n) is 5.35. The molecule has 4 heteroatoms. The first kappa shape index (κ1) is 12.7. The van der Waals surface area contributed by atoms with Crippen molar-refractivity contribution in [2.75, 3.05) is 5.73 Å². The van der Waals surface area contributed by atoms with Crippen molar-refractivity contribution in [1.82, 2.24) is 4.57 Å². The van der Waals surface area contributed by atoms with Gasteiger partial charge in [0.05, 0.1) is 5.52 Å². The quantitative estimate of drug-likeness (QED) is 0.540. The van der Waals surface area contributed by atoms with Crippen LogP contribution < -0.4 is 5.73 Å². The van der Waals surface area contributed by atoms with Crippen LogP contribution in [0.25, 0.3) is 21.9 Å². The normalized spacial score (nSPS) is 11.3. The number of aryl methyl sites for hydroxylation is 1. The predicted molar refractivity (Wildman–Crippen MR) is 87.0 cm³/mol. The molecular formula is C18H14N2O2. The summed E-state index contributed by atoms with van der Waals surface area (Å²) in [5.74, 6) is 0.138. The first-order valence-corrected chi connectivity index (χ1v) is 7.05. The summed E-state index contributed by atoms with van der Waals surface area (Å²) in [6.07, 6.45) is 0. The van der Waals surface area contributed by atoms with E-state index in [1.807, 2.05) is 55.5 Å². The van der Waals surface area contributed by atoms with Crippen molar-refractivity contribution in [3.05, 3.63) is 66.1 Å². The number of nitrogens with zero attached hydrogens (tertiary/aromatic N) is 1. The highest BCUT2D eigenvalue weighted by Crippen LogP contribution is 2.27. The summed E-state index contributed by atoms with van der Waals surface area (Å²) >= 11 is 0. The Kier molecular flexibility index (Phi) is 2.60. The molecule has 0 saturated heterocycles. The highest BCUT2D eigenvalue weighted by atomic mass is 16.3. The molecular weight excluding hydrogens is 276 g/mol. The van der Waals surface area contributed by atoms with E-state index in [0.717, 1.165) is 22.0 Å². The maximum absolute atomic E-state index is 12.9. The average molecular weight is 290 g/mol. The van der Waals surface area contributed by atoms with Crippen molar-refractivity contribution >= 4 is 33.5 Å². The van der Waals surface area contributed by atoms with Crippen LogP contribution in [0.1, 0.15) is 16.2 Å². The van der Waals surface area contributed by atoms with Crippen molar-refractivity contribution in [1.29, 1.82) is 0 Å². The molecule has 0 aliphatic carbocycles. The Morgan fingerprint density at radius 3 is 2.73 bits per heavy atom. The molecule has 2 N–H and O–H groups in total. The van der Waals surface area contributed by atoms with Gasteiger partial charge in [-0.2, -0.15) is 0 Å². The number of fused-ring (bicyclic) bond motifs is 2. The first-order valence-electron chi connectivity index (χ1n) is 7.05. The van der Waals surface area contributed by atoms with Crippen LogP contribution in [0.4, 0.5) is 5.69 Å². The van der Waals surface area contributed by atoms with Gasteiger partial charge in [-0.1, -0.05) is 24.3 Å². The number of para-hydroxylation sites is 1. The minimum absolute atomic E-state index is 0.186. The summed E-state index contributed by atoms with van der Waals surface area (Å²) in [4.78, 5) is 12.9. The summed E-state index contributed by atoms with van der Waals surface area (Å²) < 4.78 is 7.33. The molecule has 0 atom stereocenters. The van der Waals surface area contributed by atoms with Gasteiger partial charge < -0.3 is 10.2 Å². The summed E-state index contributed by atoms with van der Waals surface area (Å²) in [6, 6.07) is 16.8. The van der Waals surface area contributed by atoms with Gasteiger partial charge in [-0.15, -0.1) is 0 Å². The smallest absolute Gasteiger partial charge is 0.298 e. The monoisotopic (exact) mass is 290 g/mol. The predicted octanol–water partition coefficient (Wildman–Crippen LogP) is 3.97. The van der Waals surface area contributed by atoms with Crippen LogP contribution in [-0.4, -0.2) is 10.5 Å². The highest BCUT2D eigenvalue weighted by Gasteiger charge is 2.19. The van der Waals surface area contributed by atoms with E-state index in [-0.39, 0.29) is 5.91 Å². The van der Waals surface area contributed by atoms with Crippen molar-refractivity contribution in [2.24, 2.45) is 0 Å². The number of benzene rings is 2. The minimum atomic E-state index is -0.186. The van der Waals surface area contributed by atoms with Crippen LogP contribution >= 0.6 is 0 Å². The molecule has 0 fully saturated rings. The molecule has 108 valence electrons. The van der Waals surface area contributed by atoms with Crippen LogP contribution in [0.3, 0.4) is 0 Å². The number of carbonyl (C=O) groups excluding carboxylic acids is 1. The lowest BCUT2D eigenvalue weighted by molar-refractivity contribution is 0.0938. The van der Waals surface area contributed by atoms with Gasteiger partial charge in [0.1, 0.15) is 5.58 Å². The van der Waals surface area contributed by atoms with E-state index in [1.54, 1.807) is 10.6 Å². The summed E-state index contributed by atoms with van der Waals surface area (Å²) in [5, 5.41) is 1.80. The summed E-state index contributed by atoms with van der Waals surface area (Å²) in [5.41, 5.74) is 8.99. The number of hydrogen-bond donors (Lipinski definition) is 1. The molecule has 0 aliphatic rings. The number of hydrogen-bond acceptors (Lipinski definition) is 3. The average Bonchev–Trinajstić information content (AvgIpc) is 3.08. The maximum atomic E-state index is 12.9. The summed E-state index contributed by atoms with van der Waals surface area (Å²) in [6.45, 7) is 1.89. The maximum Gasteiger partial charge on any atom is 0.298 e. The fraction of sp³-hybridized carbons (Fsp3) is 0.0556. The lowest BCUT2D eigenvalue weighted by Gasteiger charge is -2.04. The van der Waals surface area contributed by atoms with E-state index in [9.17, 15) is 4.79 Å². The third-order valence-electron chi connectivity index (χ3n) is 3.90. The summed E-state index contributed by atoms with van der Waals surface area (Å²) in [7, 11) is 0. The Bertz CT molecular complexity index is 991. The molecule has 2 aromatic heterocycles. The van der Waals surface area contributed by atoms with Gasteiger partial charge in [0.2, 0.25) is 0 Å². The van der Waals surface area contributed by atoms with E-state index in [1.165, 1.54) is 0 Å². The zero-order chi connectivity index (χ0) is 15.3. The van der Waals surface area contributed by atoms with E-state index >= 15 is 0 Å². The molecule has 0 amide bonds. The molecule has 4 rings (SSSR count). The van der Waals surface area contributed by atoms with Gasteiger partial charge in [0.25, 0.3) is 5.91 Å². The zero-order valence-electron chi connectivity index (χ0n) is 12.0. The third-order valence-corrected chi connectivity index (χ3v) is 3.90. The van der Waals surface area contributed by atoms with E-state index in [2.05, 4.69) is 0 Å². The Morgan fingerprint density at radius 2 is 1.91 bits per heavy atom. The second kappa shape index (κ2) is 4.49. The Labute approximate surface area is 126 Å². The number of carbonyl (C=O) groups is 1. The zero-order valence-corrected chi connectivity index (χ0v) is 12.0. The van der Waals surface area contributed by atoms with Crippen LogP contribution in [0.15, 0.2) is 59.0 Å². The molecule has 22 heavy (non-hydrogen) atoms. The van der Waals surface area contributed by atoms with Gasteiger partial charge in [0, 0.05) is 22.2 Å². The fourth-order valence-electron chi connectivity index (χ4n) is 2.85. The Morgan fingerprint density at radius 1 is 1.09 bits per heavy atom. The molecule has 4 aromatic rings. The Hall–Kier alpha value is -3.01. The molecule has 2 heterocycles. The van der Waals surface area contributed by atoms with Crippen molar-refractivity contribution in [3.8, 4) is 0 Å². The van der Waals surface area contributed by atoms with Crippen molar-refractivity contribution in [2.45, 2.75) is 6.92 Å². The highest BCUT2D eigenvalue weighted by molar-refractivity contribution is 6.05.